The summed E-state index contributed by atoms with van der Waals surface area (Å²) in [7, 11) is 0. The second-order valence-corrected chi connectivity index (χ2v) is 6.52. The summed E-state index contributed by atoms with van der Waals surface area (Å²) in [5, 5.41) is 3.45. The monoisotopic (exact) mass is 294 g/mol. The molecule has 1 saturated heterocycles. The van der Waals surface area contributed by atoms with Crippen LogP contribution in [-0.2, 0) is 0 Å². The van der Waals surface area contributed by atoms with E-state index >= 15 is 0 Å². The molecule has 3 rings (SSSR count). The molecule has 1 aromatic rings. The quantitative estimate of drug-likeness (QED) is 0.894. The van der Waals surface area contributed by atoms with E-state index in [2.05, 4.69) is 17.1 Å². The molecule has 2 aliphatic rings. The van der Waals surface area contributed by atoms with Crippen LogP contribution in [0.15, 0.2) is 18.2 Å². The van der Waals surface area contributed by atoms with Gasteiger partial charge in [0, 0.05) is 24.7 Å². The van der Waals surface area contributed by atoms with E-state index in [4.69, 9.17) is 0 Å². The number of benzene rings is 1. The fourth-order valence-electron chi connectivity index (χ4n) is 3.42. The zero-order chi connectivity index (χ0) is 14.8. The van der Waals surface area contributed by atoms with Gasteiger partial charge in [-0.05, 0) is 69.3 Å². The molecule has 2 nitrogen and oxygen atoms in total. The van der Waals surface area contributed by atoms with Crippen LogP contribution in [0.1, 0.15) is 44.2 Å². The van der Waals surface area contributed by atoms with Crippen LogP contribution in [0.3, 0.4) is 0 Å². The summed E-state index contributed by atoms with van der Waals surface area (Å²) in [4.78, 5) is 2.45. The molecule has 1 aliphatic carbocycles. The fourth-order valence-corrected chi connectivity index (χ4v) is 3.42. The molecule has 0 spiro atoms. The van der Waals surface area contributed by atoms with Crippen molar-refractivity contribution in [2.45, 2.75) is 44.7 Å². The van der Waals surface area contributed by atoms with Gasteiger partial charge in [0.2, 0.25) is 0 Å². The van der Waals surface area contributed by atoms with Gasteiger partial charge in [-0.25, -0.2) is 8.78 Å². The third kappa shape index (κ3) is 3.80. The van der Waals surface area contributed by atoms with Crippen molar-refractivity contribution in [1.82, 2.24) is 10.2 Å². The molecule has 0 bridgehead atoms. The Morgan fingerprint density at radius 2 is 1.90 bits per heavy atom. The van der Waals surface area contributed by atoms with Crippen molar-refractivity contribution in [3.8, 4) is 0 Å². The van der Waals surface area contributed by atoms with E-state index in [9.17, 15) is 8.78 Å². The molecule has 0 amide bonds. The molecular weight excluding hydrogens is 270 g/mol. The number of nitrogens with one attached hydrogen (secondary N) is 1. The molecule has 4 heteroatoms. The van der Waals surface area contributed by atoms with Crippen LogP contribution < -0.4 is 5.32 Å². The van der Waals surface area contributed by atoms with Gasteiger partial charge in [-0.1, -0.05) is 0 Å². The Kier molecular flexibility index (Phi) is 4.55. The molecule has 1 saturated carbocycles. The first-order chi connectivity index (χ1) is 10.1. The number of hydrogen-bond acceptors (Lipinski definition) is 2. The Hall–Kier alpha value is -1.00. The van der Waals surface area contributed by atoms with Gasteiger partial charge in [-0.2, -0.15) is 0 Å². The largest absolute Gasteiger partial charge is 0.316 e. The molecule has 0 aromatic heterocycles. The first-order valence-corrected chi connectivity index (χ1v) is 8.06. The second kappa shape index (κ2) is 6.41. The Balaban J connectivity index is 1.73. The second-order valence-electron chi connectivity index (χ2n) is 6.52. The van der Waals surface area contributed by atoms with Crippen LogP contribution >= 0.6 is 0 Å². The van der Waals surface area contributed by atoms with E-state index in [1.807, 2.05) is 0 Å². The molecule has 21 heavy (non-hydrogen) atoms. The van der Waals surface area contributed by atoms with Crippen molar-refractivity contribution in [3.63, 3.8) is 0 Å². The van der Waals surface area contributed by atoms with E-state index in [1.54, 1.807) is 0 Å². The standard InChI is InChI=1S/C17H24F2N2/c1-12(14-7-15(18)9-16(19)8-14)21(17-4-5-17)11-13-3-2-6-20-10-13/h7-9,12-13,17,20H,2-6,10-11H2,1H3. The molecule has 1 aromatic carbocycles. The molecule has 1 heterocycles. The van der Waals surface area contributed by atoms with Gasteiger partial charge in [-0.15, -0.1) is 0 Å². The van der Waals surface area contributed by atoms with Gasteiger partial charge in [0.1, 0.15) is 11.6 Å². The minimum absolute atomic E-state index is 0.0737. The van der Waals surface area contributed by atoms with Gasteiger partial charge in [0.25, 0.3) is 0 Å². The van der Waals surface area contributed by atoms with Crippen LogP contribution in [-0.4, -0.2) is 30.6 Å². The molecule has 2 atom stereocenters. The van der Waals surface area contributed by atoms with E-state index in [1.165, 1.54) is 37.8 Å². The highest BCUT2D eigenvalue weighted by Gasteiger charge is 2.34. The Morgan fingerprint density at radius 1 is 1.19 bits per heavy atom. The summed E-state index contributed by atoms with van der Waals surface area (Å²) in [6.07, 6.45) is 4.90. The van der Waals surface area contributed by atoms with Crippen molar-refractivity contribution >= 4 is 0 Å². The molecule has 0 radical (unpaired) electrons. The molecular formula is C17H24F2N2. The lowest BCUT2D eigenvalue weighted by molar-refractivity contribution is 0.153. The summed E-state index contributed by atoms with van der Waals surface area (Å²) < 4.78 is 26.9. The summed E-state index contributed by atoms with van der Waals surface area (Å²) in [5.41, 5.74) is 0.753. The zero-order valence-corrected chi connectivity index (χ0v) is 12.6. The first kappa shape index (κ1) is 14.9. The number of nitrogens with zero attached hydrogens (tertiary/aromatic N) is 1. The topological polar surface area (TPSA) is 15.3 Å². The zero-order valence-electron chi connectivity index (χ0n) is 12.6. The average molecular weight is 294 g/mol. The third-order valence-corrected chi connectivity index (χ3v) is 4.75. The van der Waals surface area contributed by atoms with Gasteiger partial charge in [0.15, 0.2) is 0 Å². The van der Waals surface area contributed by atoms with Crippen LogP contribution in [0.2, 0.25) is 0 Å². The van der Waals surface area contributed by atoms with E-state index < -0.39 is 11.6 Å². The summed E-state index contributed by atoms with van der Waals surface area (Å²) in [6.45, 7) is 5.28. The maximum absolute atomic E-state index is 13.5. The number of halogens is 2. The minimum Gasteiger partial charge on any atom is -0.316 e. The summed E-state index contributed by atoms with van der Waals surface area (Å²) in [5.74, 6) is -0.306. The number of rotatable bonds is 5. The number of piperidine rings is 1. The maximum atomic E-state index is 13.5. The van der Waals surface area contributed by atoms with E-state index in [-0.39, 0.29) is 6.04 Å². The van der Waals surface area contributed by atoms with Gasteiger partial charge >= 0.3 is 0 Å². The Labute approximate surface area is 125 Å². The van der Waals surface area contributed by atoms with E-state index in [0.717, 1.165) is 31.3 Å². The van der Waals surface area contributed by atoms with Gasteiger partial charge < -0.3 is 5.32 Å². The average Bonchev–Trinajstić information content (AvgIpc) is 3.29. The van der Waals surface area contributed by atoms with Crippen LogP contribution in [0.5, 0.6) is 0 Å². The molecule has 2 unspecified atom stereocenters. The Bertz CT molecular complexity index is 461. The lowest BCUT2D eigenvalue weighted by Gasteiger charge is -2.34. The van der Waals surface area contributed by atoms with Crippen molar-refractivity contribution < 1.29 is 8.78 Å². The van der Waals surface area contributed by atoms with Crippen molar-refractivity contribution in [2.75, 3.05) is 19.6 Å². The normalized spacial score (nSPS) is 24.3. The van der Waals surface area contributed by atoms with Crippen molar-refractivity contribution in [1.29, 1.82) is 0 Å². The highest BCUT2D eigenvalue weighted by molar-refractivity contribution is 5.21. The van der Waals surface area contributed by atoms with Crippen molar-refractivity contribution in [3.05, 3.63) is 35.4 Å². The summed E-state index contributed by atoms with van der Waals surface area (Å²) >= 11 is 0. The lowest BCUT2D eigenvalue weighted by atomic mass is 9.97. The predicted octanol–water partition coefficient (Wildman–Crippen LogP) is 3.49. The fraction of sp³-hybridized carbons (Fsp3) is 0.647. The lowest BCUT2D eigenvalue weighted by Crippen LogP contribution is -2.40. The highest BCUT2D eigenvalue weighted by Crippen LogP contribution is 2.35. The Morgan fingerprint density at radius 3 is 2.48 bits per heavy atom. The number of hydrogen-bond donors (Lipinski definition) is 1. The maximum Gasteiger partial charge on any atom is 0.126 e. The van der Waals surface area contributed by atoms with Gasteiger partial charge in [-0.3, -0.25) is 4.90 Å². The van der Waals surface area contributed by atoms with Crippen LogP contribution in [0.4, 0.5) is 8.78 Å². The smallest absolute Gasteiger partial charge is 0.126 e. The molecule has 1 aliphatic heterocycles. The molecule has 1 N–H and O–H groups in total. The highest BCUT2D eigenvalue weighted by atomic mass is 19.1. The third-order valence-electron chi connectivity index (χ3n) is 4.75. The van der Waals surface area contributed by atoms with Crippen LogP contribution in [0.25, 0.3) is 0 Å². The minimum atomic E-state index is -0.480. The molecule has 2 fully saturated rings. The predicted molar refractivity (Wildman–Crippen MR) is 80.1 cm³/mol. The first-order valence-electron chi connectivity index (χ1n) is 8.06. The van der Waals surface area contributed by atoms with Crippen LogP contribution in [0, 0.1) is 17.6 Å². The molecule has 116 valence electrons. The van der Waals surface area contributed by atoms with Gasteiger partial charge in [0.05, 0.1) is 0 Å². The van der Waals surface area contributed by atoms with Crippen molar-refractivity contribution in [2.24, 2.45) is 5.92 Å². The van der Waals surface area contributed by atoms with E-state index in [0.29, 0.717) is 12.0 Å². The summed E-state index contributed by atoms with van der Waals surface area (Å²) in [6, 6.07) is 4.56. The SMILES string of the molecule is CC(c1cc(F)cc(F)c1)N(CC1CCCNC1)C1CC1.